The molecule has 1 heterocycles. The maximum Gasteiger partial charge on any atom is 0.295 e. The van der Waals surface area contributed by atoms with E-state index in [-0.39, 0.29) is 4.90 Å². The number of rotatable bonds is 1. The van der Waals surface area contributed by atoms with Gasteiger partial charge in [0.15, 0.2) is 0 Å². The first-order valence-corrected chi connectivity index (χ1v) is 7.73. The van der Waals surface area contributed by atoms with Crippen LogP contribution in [0.5, 0.6) is 0 Å². The molecule has 108 valence electrons. The van der Waals surface area contributed by atoms with Crippen LogP contribution in [0.15, 0.2) is 17.0 Å². The van der Waals surface area contributed by atoms with Crippen LogP contribution in [0, 0.1) is 20.8 Å². The molecule has 1 aromatic rings. The van der Waals surface area contributed by atoms with Crippen molar-refractivity contribution in [2.45, 2.75) is 25.7 Å². The van der Waals surface area contributed by atoms with Gasteiger partial charge in [-0.3, -0.25) is 4.55 Å². The van der Waals surface area contributed by atoms with Gasteiger partial charge in [0.2, 0.25) is 0 Å². The van der Waals surface area contributed by atoms with Crippen LogP contribution >= 0.6 is 0 Å². The van der Waals surface area contributed by atoms with Gasteiger partial charge in [0.05, 0.1) is 4.90 Å². The first kappa shape index (κ1) is 16.1. The van der Waals surface area contributed by atoms with Crippen LogP contribution in [-0.4, -0.2) is 39.1 Å². The van der Waals surface area contributed by atoms with Gasteiger partial charge >= 0.3 is 0 Å². The second kappa shape index (κ2) is 7.00. The predicted molar refractivity (Wildman–Crippen MR) is 76.2 cm³/mol. The summed E-state index contributed by atoms with van der Waals surface area (Å²) >= 11 is 0. The van der Waals surface area contributed by atoms with E-state index in [9.17, 15) is 8.42 Å². The second-order valence-electron chi connectivity index (χ2n) is 4.70. The average Bonchev–Trinajstić information content (AvgIpc) is 2.28. The maximum absolute atomic E-state index is 10.9. The summed E-state index contributed by atoms with van der Waals surface area (Å²) in [4.78, 5) is 0.0260. The normalized spacial score (nSPS) is 15.6. The van der Waals surface area contributed by atoms with E-state index in [1.54, 1.807) is 26.0 Å². The molecule has 0 unspecified atom stereocenters. The highest BCUT2D eigenvalue weighted by Gasteiger charge is 2.15. The Kier molecular flexibility index (Phi) is 5.93. The van der Waals surface area contributed by atoms with Gasteiger partial charge in [-0.2, -0.15) is 8.42 Å². The Balaban J connectivity index is 0.000000250. The molecule has 2 rings (SSSR count). The van der Waals surface area contributed by atoms with Gasteiger partial charge in [-0.15, -0.1) is 0 Å². The molecule has 0 radical (unpaired) electrons. The van der Waals surface area contributed by atoms with Crippen LogP contribution in [0.2, 0.25) is 0 Å². The average molecular weight is 286 g/mol. The van der Waals surface area contributed by atoms with Crippen molar-refractivity contribution in [3.63, 3.8) is 0 Å². The van der Waals surface area contributed by atoms with Crippen molar-refractivity contribution < 1.29 is 13.0 Å². The molecule has 0 spiro atoms. The molecule has 1 fully saturated rings. The van der Waals surface area contributed by atoms with E-state index >= 15 is 0 Å². The summed E-state index contributed by atoms with van der Waals surface area (Å²) in [5.41, 5.74) is 2.16. The van der Waals surface area contributed by atoms with Crippen LogP contribution in [0.1, 0.15) is 16.7 Å². The molecule has 1 aromatic carbocycles. The number of benzene rings is 1. The SMILES string of the molecule is C1CNCCN1.Cc1cc(C)c(S(=O)(=O)O)c(C)c1. The zero-order valence-electron chi connectivity index (χ0n) is 11.7. The van der Waals surface area contributed by atoms with Crippen molar-refractivity contribution in [1.29, 1.82) is 0 Å². The number of hydrogen-bond acceptors (Lipinski definition) is 4. The molecule has 0 saturated carbocycles. The van der Waals surface area contributed by atoms with Gasteiger partial charge < -0.3 is 10.6 Å². The number of nitrogens with one attached hydrogen (secondary N) is 2. The lowest BCUT2D eigenvalue weighted by molar-refractivity contribution is 0.482. The topological polar surface area (TPSA) is 78.4 Å². The molecule has 1 saturated heterocycles. The van der Waals surface area contributed by atoms with E-state index in [1.165, 1.54) is 0 Å². The minimum atomic E-state index is -4.08. The van der Waals surface area contributed by atoms with Crippen LogP contribution < -0.4 is 10.6 Å². The Labute approximate surface area is 115 Å². The quantitative estimate of drug-likeness (QED) is 0.672. The van der Waals surface area contributed by atoms with Gasteiger partial charge in [0, 0.05) is 26.2 Å². The Morgan fingerprint density at radius 3 is 1.58 bits per heavy atom. The lowest BCUT2D eigenvalue weighted by atomic mass is 10.1. The van der Waals surface area contributed by atoms with Crippen LogP contribution in [0.4, 0.5) is 0 Å². The standard InChI is InChI=1S/C9H12O3S.C4H10N2/c1-6-4-7(2)9(8(3)5-6)13(10,11)12;1-2-6-4-3-5-1/h4-5H,1-3H3,(H,10,11,12);5-6H,1-4H2. The van der Waals surface area contributed by atoms with Crippen LogP contribution in [-0.2, 0) is 10.1 Å². The lowest BCUT2D eigenvalue weighted by Gasteiger charge is -2.11. The molecule has 5 nitrogen and oxygen atoms in total. The molecule has 3 N–H and O–H groups in total. The molecule has 1 aliphatic heterocycles. The van der Waals surface area contributed by atoms with E-state index in [1.807, 2.05) is 6.92 Å². The first-order valence-electron chi connectivity index (χ1n) is 6.29. The van der Waals surface area contributed by atoms with Crippen molar-refractivity contribution >= 4 is 10.1 Å². The monoisotopic (exact) mass is 286 g/mol. The van der Waals surface area contributed by atoms with Gasteiger partial charge in [-0.25, -0.2) is 0 Å². The number of piperazine rings is 1. The Morgan fingerprint density at radius 1 is 0.947 bits per heavy atom. The number of aryl methyl sites for hydroxylation is 3. The third kappa shape index (κ3) is 5.28. The minimum Gasteiger partial charge on any atom is -0.314 e. The molecule has 0 aliphatic carbocycles. The first-order chi connectivity index (χ1) is 8.82. The van der Waals surface area contributed by atoms with Gasteiger partial charge in [-0.1, -0.05) is 17.7 Å². The smallest absolute Gasteiger partial charge is 0.295 e. The largest absolute Gasteiger partial charge is 0.314 e. The zero-order chi connectivity index (χ0) is 14.5. The molecule has 1 aliphatic rings. The van der Waals surface area contributed by atoms with Crippen LogP contribution in [0.3, 0.4) is 0 Å². The lowest BCUT2D eigenvalue weighted by Crippen LogP contribution is -2.39. The summed E-state index contributed by atoms with van der Waals surface area (Å²) in [5, 5.41) is 6.44. The van der Waals surface area contributed by atoms with E-state index in [4.69, 9.17) is 4.55 Å². The van der Waals surface area contributed by atoms with Gasteiger partial charge in [-0.05, 0) is 31.9 Å². The Morgan fingerprint density at radius 2 is 1.32 bits per heavy atom. The summed E-state index contributed by atoms with van der Waals surface area (Å²) in [6.45, 7) is 9.78. The summed E-state index contributed by atoms with van der Waals surface area (Å²) in [5.74, 6) is 0. The third-order valence-electron chi connectivity index (χ3n) is 2.82. The van der Waals surface area contributed by atoms with Crippen molar-refractivity contribution in [2.24, 2.45) is 0 Å². The fourth-order valence-electron chi connectivity index (χ4n) is 2.18. The summed E-state index contributed by atoms with van der Waals surface area (Å²) < 4.78 is 30.8. The molecular formula is C13H22N2O3S. The van der Waals surface area contributed by atoms with Crippen LogP contribution in [0.25, 0.3) is 0 Å². The zero-order valence-corrected chi connectivity index (χ0v) is 12.5. The van der Waals surface area contributed by atoms with Crippen molar-refractivity contribution in [3.05, 3.63) is 28.8 Å². The molecule has 6 heteroatoms. The van der Waals surface area contributed by atoms with Crippen molar-refractivity contribution in [2.75, 3.05) is 26.2 Å². The fraction of sp³-hybridized carbons (Fsp3) is 0.538. The van der Waals surface area contributed by atoms with Crippen molar-refractivity contribution in [3.8, 4) is 0 Å². The maximum atomic E-state index is 10.9. The van der Waals surface area contributed by atoms with E-state index < -0.39 is 10.1 Å². The fourth-order valence-corrected chi connectivity index (χ4v) is 3.11. The second-order valence-corrected chi connectivity index (χ2v) is 6.06. The van der Waals surface area contributed by atoms with E-state index in [0.717, 1.165) is 31.7 Å². The summed E-state index contributed by atoms with van der Waals surface area (Å²) in [6.07, 6.45) is 0. The highest BCUT2D eigenvalue weighted by molar-refractivity contribution is 7.86. The molecule has 19 heavy (non-hydrogen) atoms. The van der Waals surface area contributed by atoms with Crippen molar-refractivity contribution in [1.82, 2.24) is 10.6 Å². The van der Waals surface area contributed by atoms with E-state index in [2.05, 4.69) is 10.6 Å². The summed E-state index contributed by atoms with van der Waals surface area (Å²) in [7, 11) is -4.08. The molecule has 0 bridgehead atoms. The number of hydrogen-bond donors (Lipinski definition) is 3. The van der Waals surface area contributed by atoms with Gasteiger partial charge in [0.25, 0.3) is 10.1 Å². The molecular weight excluding hydrogens is 264 g/mol. The minimum absolute atomic E-state index is 0.0260. The molecule has 0 atom stereocenters. The molecule has 0 amide bonds. The third-order valence-corrected chi connectivity index (χ3v) is 3.98. The highest BCUT2D eigenvalue weighted by Crippen LogP contribution is 2.20. The predicted octanol–water partition coefficient (Wildman–Crippen LogP) is 1.04. The highest BCUT2D eigenvalue weighted by atomic mass is 32.2. The Hall–Kier alpha value is -0.950. The Bertz CT molecular complexity index is 488. The van der Waals surface area contributed by atoms with Gasteiger partial charge in [0.1, 0.15) is 0 Å². The summed E-state index contributed by atoms with van der Waals surface area (Å²) in [6, 6.07) is 3.46. The molecule has 0 aromatic heterocycles. The van der Waals surface area contributed by atoms with E-state index in [0.29, 0.717) is 11.1 Å².